The van der Waals surface area contributed by atoms with E-state index in [9.17, 15) is 9.18 Å². The Morgan fingerprint density at radius 2 is 1.87 bits per heavy atom. The monoisotopic (exact) mass is 416 g/mol. The van der Waals surface area contributed by atoms with E-state index in [1.54, 1.807) is 18.3 Å². The Labute approximate surface area is 181 Å². The maximum absolute atomic E-state index is 13.3. The van der Waals surface area contributed by atoms with Crippen molar-refractivity contribution in [2.24, 2.45) is 0 Å². The Bertz CT molecular complexity index is 1120. The van der Waals surface area contributed by atoms with E-state index < -0.39 is 5.41 Å². The van der Waals surface area contributed by atoms with Gasteiger partial charge < -0.3 is 4.90 Å². The summed E-state index contributed by atoms with van der Waals surface area (Å²) in [6.07, 6.45) is 6.66. The predicted molar refractivity (Wildman–Crippen MR) is 117 cm³/mol. The normalized spacial score (nSPS) is 17.0. The number of ketones is 1. The van der Waals surface area contributed by atoms with Crippen molar-refractivity contribution < 1.29 is 9.18 Å². The minimum atomic E-state index is -0.517. The van der Waals surface area contributed by atoms with Crippen molar-refractivity contribution in [3.8, 4) is 0 Å². The fraction of sp³-hybridized carbons (Fsp3) is 0.360. The summed E-state index contributed by atoms with van der Waals surface area (Å²) >= 11 is 0. The van der Waals surface area contributed by atoms with Crippen LogP contribution in [-0.4, -0.2) is 27.3 Å². The van der Waals surface area contributed by atoms with Gasteiger partial charge >= 0.3 is 0 Å². The van der Waals surface area contributed by atoms with Crippen molar-refractivity contribution >= 4 is 17.3 Å². The number of anilines is 2. The van der Waals surface area contributed by atoms with Crippen LogP contribution in [0.4, 0.5) is 15.9 Å². The Morgan fingerprint density at radius 3 is 2.58 bits per heavy atom. The van der Waals surface area contributed by atoms with Crippen LogP contribution >= 0.6 is 0 Å². The summed E-state index contributed by atoms with van der Waals surface area (Å²) in [4.78, 5) is 29.3. The number of rotatable bonds is 5. The highest BCUT2D eigenvalue weighted by Gasteiger charge is 2.46. The van der Waals surface area contributed by atoms with Gasteiger partial charge in [0.1, 0.15) is 23.2 Å². The number of Topliss-reactive ketones (excluding diaryl/α,β-unsaturated/α-hetero) is 1. The molecule has 1 aliphatic heterocycles. The Balaban J connectivity index is 1.45. The number of aryl methyl sites for hydroxylation is 2. The number of fused-ring (bicyclic) bond motifs is 1. The van der Waals surface area contributed by atoms with E-state index in [2.05, 4.69) is 20.9 Å². The summed E-state index contributed by atoms with van der Waals surface area (Å²) < 4.78 is 13.2. The first-order chi connectivity index (χ1) is 15.0. The van der Waals surface area contributed by atoms with Gasteiger partial charge in [-0.05, 0) is 68.5 Å². The molecule has 0 unspecified atom stereocenters. The van der Waals surface area contributed by atoms with Gasteiger partial charge in [0.15, 0.2) is 0 Å². The molecule has 1 aliphatic carbocycles. The SMILES string of the molecule is Cc1nccc(N2CCCc3nc(C4(C(=O)Cc5ccc(F)cc5)CCC4)ccc32)n1. The highest BCUT2D eigenvalue weighted by atomic mass is 19.1. The Kier molecular flexibility index (Phi) is 5.00. The van der Waals surface area contributed by atoms with Gasteiger partial charge in [-0.1, -0.05) is 18.6 Å². The molecule has 0 amide bonds. The zero-order chi connectivity index (χ0) is 21.4. The van der Waals surface area contributed by atoms with Gasteiger partial charge in [0.25, 0.3) is 0 Å². The standard InChI is InChI=1S/C25H25FN4O/c1-17-27-14-11-24(28-17)30-15-2-4-20-21(30)9-10-22(29-20)25(12-3-13-25)23(31)16-18-5-7-19(26)8-6-18/h5-11,14H,2-4,12-13,15-16H2,1H3. The minimum Gasteiger partial charge on any atom is -0.325 e. The fourth-order valence-electron chi connectivity index (χ4n) is 4.71. The lowest BCUT2D eigenvalue weighted by Crippen LogP contribution is -2.44. The number of hydrogen-bond acceptors (Lipinski definition) is 5. The molecule has 0 N–H and O–H groups in total. The van der Waals surface area contributed by atoms with Gasteiger partial charge in [-0.25, -0.2) is 14.4 Å². The molecule has 31 heavy (non-hydrogen) atoms. The molecule has 0 bridgehead atoms. The van der Waals surface area contributed by atoms with E-state index in [1.807, 2.05) is 19.1 Å². The zero-order valence-electron chi connectivity index (χ0n) is 17.6. The first-order valence-corrected chi connectivity index (χ1v) is 10.9. The molecule has 158 valence electrons. The third-order valence-corrected chi connectivity index (χ3v) is 6.58. The average Bonchev–Trinajstić information content (AvgIpc) is 2.74. The Hall–Kier alpha value is -3.15. The van der Waals surface area contributed by atoms with Crippen LogP contribution in [0.25, 0.3) is 0 Å². The molecule has 2 aromatic heterocycles. The second-order valence-corrected chi connectivity index (χ2v) is 8.54. The van der Waals surface area contributed by atoms with Crippen LogP contribution in [0.15, 0.2) is 48.7 Å². The number of hydrogen-bond donors (Lipinski definition) is 0. The van der Waals surface area contributed by atoms with E-state index in [-0.39, 0.29) is 11.6 Å². The van der Waals surface area contributed by atoms with Crippen molar-refractivity contribution in [2.75, 3.05) is 11.4 Å². The lowest BCUT2D eigenvalue weighted by Gasteiger charge is -2.41. The number of carbonyl (C=O) groups is 1. The van der Waals surface area contributed by atoms with Crippen LogP contribution in [0.3, 0.4) is 0 Å². The summed E-state index contributed by atoms with van der Waals surface area (Å²) in [5.74, 6) is 1.52. The van der Waals surface area contributed by atoms with Gasteiger partial charge in [-0.15, -0.1) is 0 Å². The first-order valence-electron chi connectivity index (χ1n) is 10.9. The van der Waals surface area contributed by atoms with Crippen LogP contribution < -0.4 is 4.90 Å². The molecule has 0 atom stereocenters. The van der Waals surface area contributed by atoms with E-state index >= 15 is 0 Å². The number of halogens is 1. The van der Waals surface area contributed by atoms with Crippen molar-refractivity contribution in [2.45, 2.75) is 50.9 Å². The van der Waals surface area contributed by atoms with Crippen LogP contribution in [0.1, 0.15) is 48.5 Å². The quantitative estimate of drug-likeness (QED) is 0.607. The van der Waals surface area contributed by atoms with E-state index in [0.29, 0.717) is 6.42 Å². The molecule has 0 saturated heterocycles. The first kappa shape index (κ1) is 19.8. The molecular weight excluding hydrogens is 391 g/mol. The summed E-state index contributed by atoms with van der Waals surface area (Å²) in [7, 11) is 0. The van der Waals surface area contributed by atoms with Gasteiger partial charge in [0.2, 0.25) is 0 Å². The van der Waals surface area contributed by atoms with Crippen LogP contribution in [0.5, 0.6) is 0 Å². The summed E-state index contributed by atoms with van der Waals surface area (Å²) in [5.41, 5.74) is 3.30. The number of nitrogens with zero attached hydrogens (tertiary/aromatic N) is 4. The number of carbonyl (C=O) groups excluding carboxylic acids is 1. The van der Waals surface area contributed by atoms with E-state index in [0.717, 1.165) is 72.9 Å². The highest BCUT2D eigenvalue weighted by Crippen LogP contribution is 2.45. The molecule has 1 fully saturated rings. The molecule has 0 radical (unpaired) electrons. The second-order valence-electron chi connectivity index (χ2n) is 8.54. The lowest BCUT2D eigenvalue weighted by molar-refractivity contribution is -0.127. The van der Waals surface area contributed by atoms with E-state index in [1.165, 1.54) is 12.1 Å². The molecule has 6 heteroatoms. The van der Waals surface area contributed by atoms with Gasteiger partial charge in [0, 0.05) is 19.2 Å². The molecule has 1 saturated carbocycles. The number of pyridine rings is 1. The van der Waals surface area contributed by atoms with Crippen LogP contribution in [0.2, 0.25) is 0 Å². The summed E-state index contributed by atoms with van der Waals surface area (Å²) in [6.45, 7) is 2.78. The third kappa shape index (κ3) is 3.60. The van der Waals surface area contributed by atoms with Crippen molar-refractivity contribution in [3.63, 3.8) is 0 Å². The molecule has 3 heterocycles. The second kappa shape index (κ2) is 7.84. The molecule has 0 spiro atoms. The number of aromatic nitrogens is 3. The smallest absolute Gasteiger partial charge is 0.149 e. The molecule has 5 rings (SSSR count). The van der Waals surface area contributed by atoms with Gasteiger partial charge in [0.05, 0.1) is 22.5 Å². The maximum atomic E-state index is 13.3. The topological polar surface area (TPSA) is 59.0 Å². The third-order valence-electron chi connectivity index (χ3n) is 6.58. The highest BCUT2D eigenvalue weighted by molar-refractivity contribution is 5.92. The predicted octanol–water partition coefficient (Wildman–Crippen LogP) is 4.64. The number of benzene rings is 1. The van der Waals surface area contributed by atoms with Crippen molar-refractivity contribution in [1.82, 2.24) is 15.0 Å². The van der Waals surface area contributed by atoms with Crippen LogP contribution in [-0.2, 0) is 23.1 Å². The lowest BCUT2D eigenvalue weighted by atomic mass is 9.62. The van der Waals surface area contributed by atoms with Crippen molar-refractivity contribution in [1.29, 1.82) is 0 Å². The minimum absolute atomic E-state index is 0.178. The molecule has 5 nitrogen and oxygen atoms in total. The summed E-state index contributed by atoms with van der Waals surface area (Å²) in [6, 6.07) is 12.3. The van der Waals surface area contributed by atoms with Crippen LogP contribution in [0, 0.1) is 12.7 Å². The van der Waals surface area contributed by atoms with Gasteiger partial charge in [-0.3, -0.25) is 9.78 Å². The fourth-order valence-corrected chi connectivity index (χ4v) is 4.71. The molecular formula is C25H25FN4O. The summed E-state index contributed by atoms with van der Waals surface area (Å²) in [5, 5.41) is 0. The zero-order valence-corrected chi connectivity index (χ0v) is 17.6. The maximum Gasteiger partial charge on any atom is 0.149 e. The Morgan fingerprint density at radius 1 is 1.06 bits per heavy atom. The van der Waals surface area contributed by atoms with Crippen molar-refractivity contribution in [3.05, 3.63) is 77.3 Å². The van der Waals surface area contributed by atoms with Gasteiger partial charge in [-0.2, -0.15) is 0 Å². The van der Waals surface area contributed by atoms with E-state index in [4.69, 9.17) is 4.98 Å². The molecule has 1 aromatic carbocycles. The average molecular weight is 417 g/mol. The molecule has 2 aliphatic rings. The molecule has 3 aromatic rings. The largest absolute Gasteiger partial charge is 0.325 e.